The molecule has 2 aliphatic carbocycles. The predicted octanol–water partition coefficient (Wildman–Crippen LogP) is 6.13. The number of rotatable bonds is 5. The molecule has 4 nitrogen and oxygen atoms in total. The summed E-state index contributed by atoms with van der Waals surface area (Å²) in [5, 5.41) is 5.69. The zero-order valence-electron chi connectivity index (χ0n) is 16.9. The molecule has 2 unspecified atom stereocenters. The molecule has 0 saturated heterocycles. The van der Waals surface area contributed by atoms with E-state index in [0.717, 1.165) is 34.5 Å². The number of aryl methyl sites for hydroxylation is 1. The molecule has 2 fully saturated rings. The van der Waals surface area contributed by atoms with Crippen LogP contribution in [0.3, 0.4) is 0 Å². The van der Waals surface area contributed by atoms with Crippen LogP contribution in [0.5, 0.6) is 5.75 Å². The Morgan fingerprint density at radius 3 is 2.59 bits per heavy atom. The van der Waals surface area contributed by atoms with Crippen LogP contribution in [-0.4, -0.2) is 17.3 Å². The van der Waals surface area contributed by atoms with E-state index in [4.69, 9.17) is 14.8 Å². The van der Waals surface area contributed by atoms with Gasteiger partial charge in [0.15, 0.2) is 0 Å². The van der Waals surface area contributed by atoms with E-state index in [2.05, 4.69) is 45.3 Å². The Morgan fingerprint density at radius 2 is 2.00 bits per heavy atom. The number of aromatic nitrogens is 1. The molecule has 1 aromatic carbocycles. The fraction of sp³-hybridized carbons (Fsp3) is 0.545. The van der Waals surface area contributed by atoms with Crippen LogP contribution in [-0.2, 0) is 0 Å². The van der Waals surface area contributed by atoms with Crippen LogP contribution in [0.1, 0.15) is 51.8 Å². The van der Waals surface area contributed by atoms with Gasteiger partial charge < -0.3 is 4.74 Å². The van der Waals surface area contributed by atoms with E-state index >= 15 is 0 Å². The third kappa shape index (κ3) is 2.96. The molecule has 1 aromatic heterocycles. The molecule has 0 aliphatic heterocycles. The summed E-state index contributed by atoms with van der Waals surface area (Å²) in [5.74, 6) is 1.66. The average molecular weight is 384 g/mol. The van der Waals surface area contributed by atoms with Crippen LogP contribution < -0.4 is 10.2 Å². The minimum Gasteiger partial charge on any atom is -0.494 e. The number of hydrazone groups is 1. The molecule has 1 N–H and O–H groups in total. The van der Waals surface area contributed by atoms with Crippen molar-refractivity contribution in [1.82, 2.24) is 4.98 Å². The van der Waals surface area contributed by atoms with Crippen molar-refractivity contribution in [2.45, 2.75) is 53.9 Å². The van der Waals surface area contributed by atoms with Crippen molar-refractivity contribution in [1.29, 1.82) is 0 Å². The fourth-order valence-electron chi connectivity index (χ4n) is 4.80. The Kier molecular flexibility index (Phi) is 4.53. The van der Waals surface area contributed by atoms with Gasteiger partial charge in [0, 0.05) is 21.6 Å². The molecular formula is C22H29N3OS. The largest absolute Gasteiger partial charge is 0.494 e. The van der Waals surface area contributed by atoms with Crippen LogP contribution in [0.15, 0.2) is 29.4 Å². The summed E-state index contributed by atoms with van der Waals surface area (Å²) in [7, 11) is 0. The lowest BCUT2D eigenvalue weighted by Crippen LogP contribution is -2.32. The highest BCUT2D eigenvalue weighted by Crippen LogP contribution is 2.63. The van der Waals surface area contributed by atoms with E-state index in [9.17, 15) is 0 Å². The second-order valence-corrected chi connectivity index (χ2v) is 9.75. The first kappa shape index (κ1) is 18.5. The summed E-state index contributed by atoms with van der Waals surface area (Å²) >= 11 is 1.67. The molecule has 2 saturated carbocycles. The lowest BCUT2D eigenvalue weighted by Gasteiger charge is -2.34. The quantitative estimate of drug-likeness (QED) is 0.632. The van der Waals surface area contributed by atoms with Crippen LogP contribution in [0.25, 0.3) is 11.3 Å². The van der Waals surface area contributed by atoms with E-state index < -0.39 is 0 Å². The number of fused-ring (bicyclic) bond motifs is 2. The summed E-state index contributed by atoms with van der Waals surface area (Å²) in [4.78, 5) is 5.99. The normalized spacial score (nSPS) is 27.3. The average Bonchev–Trinajstić information content (AvgIpc) is 3.18. The van der Waals surface area contributed by atoms with Gasteiger partial charge in [0.2, 0.25) is 5.13 Å². The maximum atomic E-state index is 5.53. The zero-order valence-corrected chi connectivity index (χ0v) is 17.7. The topological polar surface area (TPSA) is 46.5 Å². The second-order valence-electron chi connectivity index (χ2n) is 8.55. The molecule has 0 amide bonds. The van der Waals surface area contributed by atoms with Gasteiger partial charge in [-0.25, -0.2) is 4.98 Å². The van der Waals surface area contributed by atoms with Gasteiger partial charge in [0.05, 0.1) is 12.3 Å². The standard InChI is InChI=1S/C22H29N3OS/c1-6-26-17-9-7-15(8-10-17)19-14(2)27-20(23-19)25-24-18-13-16-11-12-22(18,5)21(16,3)4/h7-10,16H,6,11-13H2,1-5H3,(H,23,25). The van der Waals surface area contributed by atoms with Gasteiger partial charge in [-0.1, -0.05) is 20.8 Å². The first-order valence-corrected chi connectivity index (χ1v) is 10.7. The summed E-state index contributed by atoms with van der Waals surface area (Å²) in [6.45, 7) is 12.0. The Hall–Kier alpha value is -1.88. The van der Waals surface area contributed by atoms with Gasteiger partial charge in [-0.15, -0.1) is 11.3 Å². The highest BCUT2D eigenvalue weighted by molar-refractivity contribution is 7.16. The molecule has 144 valence electrons. The maximum absolute atomic E-state index is 5.53. The maximum Gasteiger partial charge on any atom is 0.204 e. The SMILES string of the molecule is CCOc1ccc(-c2nc(NN=C3CC4CCC3(C)C4(C)C)sc2C)cc1. The van der Waals surface area contributed by atoms with Gasteiger partial charge in [0.1, 0.15) is 5.75 Å². The number of thiazole rings is 1. The number of nitrogens with one attached hydrogen (secondary N) is 1. The summed E-state index contributed by atoms with van der Waals surface area (Å²) in [6, 6.07) is 8.15. The van der Waals surface area contributed by atoms with Crippen molar-refractivity contribution in [3.05, 3.63) is 29.1 Å². The van der Waals surface area contributed by atoms with E-state index in [0.29, 0.717) is 12.0 Å². The Morgan fingerprint density at radius 1 is 1.26 bits per heavy atom. The molecule has 2 bridgehead atoms. The van der Waals surface area contributed by atoms with Gasteiger partial charge in [-0.3, -0.25) is 5.43 Å². The minimum absolute atomic E-state index is 0.217. The van der Waals surface area contributed by atoms with Crippen LogP contribution in [0.4, 0.5) is 5.13 Å². The number of hydrogen-bond donors (Lipinski definition) is 1. The molecule has 0 radical (unpaired) electrons. The molecule has 2 atom stereocenters. The van der Waals surface area contributed by atoms with Gasteiger partial charge in [0.25, 0.3) is 0 Å². The Bertz CT molecular complexity index is 868. The van der Waals surface area contributed by atoms with E-state index in [-0.39, 0.29) is 5.41 Å². The summed E-state index contributed by atoms with van der Waals surface area (Å²) in [5.41, 5.74) is 7.28. The van der Waals surface area contributed by atoms with Crippen molar-refractivity contribution in [2.75, 3.05) is 12.0 Å². The fourth-order valence-corrected chi connectivity index (χ4v) is 5.58. The third-order valence-corrected chi connectivity index (χ3v) is 7.91. The Labute approximate surface area is 166 Å². The molecule has 27 heavy (non-hydrogen) atoms. The molecule has 1 heterocycles. The van der Waals surface area contributed by atoms with Crippen molar-refractivity contribution >= 4 is 22.2 Å². The third-order valence-electron chi connectivity index (χ3n) is 7.03. The first-order chi connectivity index (χ1) is 12.8. The molecule has 5 heteroatoms. The minimum atomic E-state index is 0.217. The van der Waals surface area contributed by atoms with Crippen molar-refractivity contribution in [3.63, 3.8) is 0 Å². The van der Waals surface area contributed by atoms with Crippen LogP contribution in [0, 0.1) is 23.7 Å². The highest BCUT2D eigenvalue weighted by Gasteiger charge is 2.59. The number of anilines is 1. The van der Waals surface area contributed by atoms with Gasteiger partial charge in [-0.2, -0.15) is 5.10 Å². The highest BCUT2D eigenvalue weighted by atomic mass is 32.1. The smallest absolute Gasteiger partial charge is 0.204 e. The monoisotopic (exact) mass is 383 g/mol. The zero-order chi connectivity index (χ0) is 19.2. The van der Waals surface area contributed by atoms with Crippen molar-refractivity contribution in [2.24, 2.45) is 21.8 Å². The molecule has 2 aliphatic rings. The lowest BCUT2D eigenvalue weighted by molar-refractivity contribution is 0.194. The van der Waals surface area contributed by atoms with E-state index in [1.54, 1.807) is 11.3 Å². The Balaban J connectivity index is 1.53. The summed E-state index contributed by atoms with van der Waals surface area (Å²) in [6.07, 6.45) is 3.70. The molecule has 4 rings (SSSR count). The molecule has 0 spiro atoms. The van der Waals surface area contributed by atoms with Gasteiger partial charge in [-0.05, 0) is 68.7 Å². The van der Waals surface area contributed by atoms with E-state index in [1.165, 1.54) is 23.4 Å². The predicted molar refractivity (Wildman–Crippen MR) is 114 cm³/mol. The number of hydrogen-bond acceptors (Lipinski definition) is 5. The number of benzene rings is 1. The molecule has 2 aromatic rings. The van der Waals surface area contributed by atoms with Crippen LogP contribution >= 0.6 is 11.3 Å². The number of ether oxygens (including phenoxy) is 1. The first-order valence-electron chi connectivity index (χ1n) is 9.89. The second kappa shape index (κ2) is 6.62. The lowest BCUT2D eigenvalue weighted by atomic mass is 9.70. The van der Waals surface area contributed by atoms with Crippen molar-refractivity contribution < 1.29 is 4.74 Å². The van der Waals surface area contributed by atoms with Gasteiger partial charge >= 0.3 is 0 Å². The number of nitrogens with zero attached hydrogens (tertiary/aromatic N) is 2. The van der Waals surface area contributed by atoms with E-state index in [1.807, 2.05) is 19.1 Å². The molecular weight excluding hydrogens is 354 g/mol. The van der Waals surface area contributed by atoms with Crippen LogP contribution in [0.2, 0.25) is 0 Å². The van der Waals surface area contributed by atoms with Crippen molar-refractivity contribution in [3.8, 4) is 17.0 Å². The summed E-state index contributed by atoms with van der Waals surface area (Å²) < 4.78 is 5.53.